The molecule has 0 bridgehead atoms. The fraction of sp³-hybridized carbons (Fsp3) is 0.474. The van der Waals surface area contributed by atoms with Crippen molar-refractivity contribution in [1.29, 1.82) is 0 Å². The fourth-order valence-electron chi connectivity index (χ4n) is 3.61. The Balaban J connectivity index is 1.54. The molecular weight excluding hydrogens is 372 g/mol. The largest absolute Gasteiger partial charge is 0.451 e. The summed E-state index contributed by atoms with van der Waals surface area (Å²) in [6, 6.07) is 6.57. The van der Waals surface area contributed by atoms with Crippen molar-refractivity contribution in [1.82, 2.24) is 4.90 Å². The molecule has 8 heteroatoms. The number of rotatable bonds is 5. The van der Waals surface area contributed by atoms with Gasteiger partial charge in [0.05, 0.1) is 11.8 Å². The van der Waals surface area contributed by atoms with Crippen molar-refractivity contribution in [3.05, 3.63) is 29.3 Å². The lowest BCUT2D eigenvalue weighted by atomic mass is 9.81. The summed E-state index contributed by atoms with van der Waals surface area (Å²) >= 11 is 5.86. The number of carbonyl (C=O) groups is 4. The van der Waals surface area contributed by atoms with Crippen molar-refractivity contribution in [2.45, 2.75) is 38.7 Å². The van der Waals surface area contributed by atoms with Gasteiger partial charge in [0.15, 0.2) is 6.10 Å². The summed E-state index contributed by atoms with van der Waals surface area (Å²) in [5.74, 6) is -2.57. The molecule has 0 aromatic heterocycles. The van der Waals surface area contributed by atoms with Crippen LogP contribution in [0.15, 0.2) is 24.3 Å². The van der Waals surface area contributed by atoms with Crippen molar-refractivity contribution in [3.8, 4) is 0 Å². The summed E-state index contributed by atoms with van der Waals surface area (Å²) in [6.45, 7) is 0.963. The Hall–Kier alpha value is -2.41. The minimum absolute atomic E-state index is 0.308. The summed E-state index contributed by atoms with van der Waals surface area (Å²) in [5, 5.41) is 3.05. The predicted octanol–water partition coefficient (Wildman–Crippen LogP) is 2.39. The van der Waals surface area contributed by atoms with Crippen LogP contribution in [0, 0.1) is 11.8 Å². The zero-order valence-corrected chi connectivity index (χ0v) is 15.7. The maximum Gasteiger partial charge on any atom is 0.326 e. The van der Waals surface area contributed by atoms with Crippen LogP contribution >= 0.6 is 11.6 Å². The second-order valence-electron chi connectivity index (χ2n) is 6.89. The number of benzene rings is 1. The number of imide groups is 1. The number of nitrogens with zero attached hydrogens (tertiary/aromatic N) is 1. The minimum Gasteiger partial charge on any atom is -0.451 e. The third-order valence-electron chi connectivity index (χ3n) is 4.99. The number of likely N-dealkylation sites (tertiary alicyclic amines) is 1. The van der Waals surface area contributed by atoms with Crippen molar-refractivity contribution >= 4 is 41.0 Å². The van der Waals surface area contributed by atoms with Crippen LogP contribution in [-0.2, 0) is 23.9 Å². The molecule has 0 unspecified atom stereocenters. The summed E-state index contributed by atoms with van der Waals surface area (Å²) in [4.78, 5) is 50.0. The van der Waals surface area contributed by atoms with Crippen LogP contribution in [0.25, 0.3) is 0 Å². The molecule has 3 atom stereocenters. The third kappa shape index (κ3) is 4.30. The van der Waals surface area contributed by atoms with E-state index in [0.29, 0.717) is 23.6 Å². The molecule has 1 N–H and O–H groups in total. The van der Waals surface area contributed by atoms with E-state index in [2.05, 4.69) is 5.32 Å². The molecule has 2 fully saturated rings. The van der Waals surface area contributed by atoms with E-state index in [1.807, 2.05) is 0 Å². The van der Waals surface area contributed by atoms with Gasteiger partial charge in [-0.2, -0.15) is 0 Å². The topological polar surface area (TPSA) is 92.8 Å². The highest BCUT2D eigenvalue weighted by atomic mass is 35.5. The van der Waals surface area contributed by atoms with Crippen LogP contribution in [0.2, 0.25) is 5.02 Å². The van der Waals surface area contributed by atoms with Crippen LogP contribution < -0.4 is 5.32 Å². The lowest BCUT2D eigenvalue weighted by molar-refractivity contribution is -0.158. The summed E-state index contributed by atoms with van der Waals surface area (Å²) in [6.07, 6.45) is 2.11. The first-order valence-corrected chi connectivity index (χ1v) is 9.35. The molecular formula is C19H21ClN2O5. The first-order chi connectivity index (χ1) is 12.9. The number of nitrogens with one attached hydrogen (secondary N) is 1. The smallest absolute Gasteiger partial charge is 0.326 e. The number of hydrogen-bond acceptors (Lipinski definition) is 5. The monoisotopic (exact) mass is 392 g/mol. The standard InChI is InChI=1S/C19H21ClN2O5/c1-11(17(24)21-13-6-4-5-12(20)9-13)27-16(23)10-22-18(25)14-7-2-3-8-15(14)19(22)26/h4-6,9,11,14-15H,2-3,7-8,10H2,1H3,(H,21,24)/t11-,14-,15-/m0/s1. The molecule has 1 aromatic rings. The number of esters is 1. The van der Waals surface area contributed by atoms with Crippen molar-refractivity contribution < 1.29 is 23.9 Å². The lowest BCUT2D eigenvalue weighted by Crippen LogP contribution is -2.39. The normalized spacial score (nSPS) is 23.0. The number of carbonyl (C=O) groups excluding carboxylic acids is 4. The average molecular weight is 393 g/mol. The van der Waals surface area contributed by atoms with E-state index >= 15 is 0 Å². The molecule has 1 saturated carbocycles. The maximum absolute atomic E-state index is 12.4. The van der Waals surface area contributed by atoms with Gasteiger partial charge in [0.25, 0.3) is 5.91 Å². The second kappa shape index (κ2) is 8.08. The zero-order valence-electron chi connectivity index (χ0n) is 14.9. The Labute approximate surface area is 162 Å². The van der Waals surface area contributed by atoms with E-state index in [9.17, 15) is 19.2 Å². The van der Waals surface area contributed by atoms with Gasteiger partial charge in [-0.1, -0.05) is 30.5 Å². The molecule has 2 aliphatic rings. The van der Waals surface area contributed by atoms with Crippen molar-refractivity contribution in [3.63, 3.8) is 0 Å². The Kier molecular flexibility index (Phi) is 5.79. The first kappa shape index (κ1) is 19.4. The average Bonchev–Trinajstić information content (AvgIpc) is 2.87. The molecule has 144 valence electrons. The van der Waals surface area contributed by atoms with Gasteiger partial charge in [-0.25, -0.2) is 0 Å². The highest BCUT2D eigenvalue weighted by Gasteiger charge is 2.48. The van der Waals surface area contributed by atoms with E-state index < -0.39 is 24.5 Å². The van der Waals surface area contributed by atoms with Crippen LogP contribution in [0.4, 0.5) is 5.69 Å². The van der Waals surface area contributed by atoms with Crippen LogP contribution in [0.5, 0.6) is 0 Å². The summed E-state index contributed by atoms with van der Waals surface area (Å²) in [5.41, 5.74) is 0.476. The first-order valence-electron chi connectivity index (χ1n) is 8.98. The zero-order chi connectivity index (χ0) is 19.6. The Morgan fingerprint density at radius 2 is 1.85 bits per heavy atom. The number of halogens is 1. The van der Waals surface area contributed by atoms with Gasteiger partial charge in [0.2, 0.25) is 11.8 Å². The molecule has 0 radical (unpaired) electrons. The molecule has 7 nitrogen and oxygen atoms in total. The van der Waals surface area contributed by atoms with Gasteiger partial charge in [-0.15, -0.1) is 0 Å². The predicted molar refractivity (Wildman–Crippen MR) is 97.8 cm³/mol. The van der Waals surface area contributed by atoms with Gasteiger partial charge in [-0.3, -0.25) is 24.1 Å². The van der Waals surface area contributed by atoms with Crippen LogP contribution in [-0.4, -0.2) is 41.2 Å². The number of anilines is 1. The molecule has 3 rings (SSSR count). The van der Waals surface area contributed by atoms with Crippen LogP contribution in [0.1, 0.15) is 32.6 Å². The quantitative estimate of drug-likeness (QED) is 0.613. The van der Waals surface area contributed by atoms with E-state index in [1.54, 1.807) is 24.3 Å². The van der Waals surface area contributed by atoms with Gasteiger partial charge in [0, 0.05) is 10.7 Å². The van der Waals surface area contributed by atoms with Gasteiger partial charge in [-0.05, 0) is 38.0 Å². The molecule has 27 heavy (non-hydrogen) atoms. The molecule has 1 aromatic carbocycles. The number of fused-ring (bicyclic) bond motifs is 1. The minimum atomic E-state index is -1.08. The Morgan fingerprint density at radius 1 is 1.22 bits per heavy atom. The molecule has 3 amide bonds. The van der Waals surface area contributed by atoms with E-state index in [4.69, 9.17) is 16.3 Å². The Morgan fingerprint density at radius 3 is 2.44 bits per heavy atom. The van der Waals surface area contributed by atoms with E-state index in [-0.39, 0.29) is 23.7 Å². The number of amides is 3. The van der Waals surface area contributed by atoms with Gasteiger partial charge in [0.1, 0.15) is 6.54 Å². The van der Waals surface area contributed by atoms with Crippen LogP contribution in [0.3, 0.4) is 0 Å². The molecule has 1 heterocycles. The maximum atomic E-state index is 12.4. The second-order valence-corrected chi connectivity index (χ2v) is 7.33. The highest BCUT2D eigenvalue weighted by molar-refractivity contribution is 6.30. The van der Waals surface area contributed by atoms with Crippen molar-refractivity contribution in [2.24, 2.45) is 11.8 Å². The number of ether oxygens (including phenoxy) is 1. The van der Waals surface area contributed by atoms with E-state index in [0.717, 1.165) is 17.7 Å². The SMILES string of the molecule is C[C@H](OC(=O)CN1C(=O)[C@H]2CCCC[C@@H]2C1=O)C(=O)Nc1cccc(Cl)c1. The molecule has 1 aliphatic carbocycles. The molecule has 1 saturated heterocycles. The molecule has 1 aliphatic heterocycles. The summed E-state index contributed by atoms with van der Waals surface area (Å²) in [7, 11) is 0. The highest BCUT2D eigenvalue weighted by Crippen LogP contribution is 2.37. The van der Waals surface area contributed by atoms with Gasteiger partial charge < -0.3 is 10.1 Å². The number of hydrogen-bond donors (Lipinski definition) is 1. The fourth-order valence-corrected chi connectivity index (χ4v) is 3.80. The van der Waals surface area contributed by atoms with E-state index in [1.165, 1.54) is 6.92 Å². The third-order valence-corrected chi connectivity index (χ3v) is 5.22. The Bertz CT molecular complexity index is 757. The van der Waals surface area contributed by atoms with Crippen molar-refractivity contribution in [2.75, 3.05) is 11.9 Å². The molecule has 0 spiro atoms. The lowest BCUT2D eigenvalue weighted by Gasteiger charge is -2.19. The van der Waals surface area contributed by atoms with Gasteiger partial charge >= 0.3 is 5.97 Å². The summed E-state index contributed by atoms with van der Waals surface area (Å²) < 4.78 is 5.10.